The van der Waals surface area contributed by atoms with Gasteiger partial charge in [-0.15, -0.1) is 0 Å². The molecule has 1 heterocycles. The van der Waals surface area contributed by atoms with E-state index in [1.165, 1.54) is 12.1 Å². The summed E-state index contributed by atoms with van der Waals surface area (Å²) >= 11 is 0. The molecule has 1 saturated heterocycles. The fraction of sp³-hybridized carbons (Fsp3) is 0.417. The number of benzene rings is 1. The number of carbonyl (C=O) groups excluding carboxylic acids is 1. The van der Waals surface area contributed by atoms with Crippen LogP contribution in [0.25, 0.3) is 0 Å². The Bertz CT molecular complexity index is 471. The molecule has 1 aromatic carbocycles. The van der Waals surface area contributed by atoms with Crippen LogP contribution in [-0.4, -0.2) is 30.3 Å². The average molecular weight is 266 g/mol. The lowest BCUT2D eigenvalue weighted by molar-refractivity contribution is -0.384. The highest BCUT2D eigenvalue weighted by Crippen LogP contribution is 2.13. The number of nitro groups is 1. The zero-order valence-electron chi connectivity index (χ0n) is 10.2. The van der Waals surface area contributed by atoms with Crippen molar-refractivity contribution in [3.05, 3.63) is 39.9 Å². The number of alkyl carbamates (subject to hydrolysis) is 1. The fourth-order valence-corrected chi connectivity index (χ4v) is 1.75. The summed E-state index contributed by atoms with van der Waals surface area (Å²) in [6, 6.07) is 6.09. The Labute approximate surface area is 109 Å². The molecule has 1 N–H and O–H groups in total. The predicted octanol–water partition coefficient (Wildman–Crippen LogP) is 1.61. The SMILES string of the molecule is O=C(NCc1cccc([N+](=O)[O-])c1)O[C@H]1CCOC1. The van der Waals surface area contributed by atoms with Crippen LogP contribution in [0.3, 0.4) is 0 Å². The molecular formula is C12H14N2O5. The smallest absolute Gasteiger partial charge is 0.407 e. The second kappa shape index (κ2) is 6.14. The van der Waals surface area contributed by atoms with Gasteiger partial charge in [-0.25, -0.2) is 4.79 Å². The van der Waals surface area contributed by atoms with Gasteiger partial charge in [0.15, 0.2) is 0 Å². The van der Waals surface area contributed by atoms with Crippen LogP contribution in [0.4, 0.5) is 10.5 Å². The van der Waals surface area contributed by atoms with E-state index in [1.807, 2.05) is 0 Å². The van der Waals surface area contributed by atoms with Crippen LogP contribution in [0.2, 0.25) is 0 Å². The minimum absolute atomic E-state index is 0.00291. The molecule has 19 heavy (non-hydrogen) atoms. The van der Waals surface area contributed by atoms with E-state index in [-0.39, 0.29) is 18.3 Å². The summed E-state index contributed by atoms with van der Waals surface area (Å²) in [5.41, 5.74) is 0.644. The second-order valence-electron chi connectivity index (χ2n) is 4.17. The Morgan fingerprint density at radius 2 is 2.42 bits per heavy atom. The Kier molecular flexibility index (Phi) is 4.30. The third-order valence-electron chi connectivity index (χ3n) is 2.72. The summed E-state index contributed by atoms with van der Waals surface area (Å²) in [6.07, 6.45) is -0.0448. The Morgan fingerprint density at radius 1 is 1.58 bits per heavy atom. The molecule has 0 unspecified atom stereocenters. The van der Waals surface area contributed by atoms with E-state index in [0.717, 1.165) is 0 Å². The fourth-order valence-electron chi connectivity index (χ4n) is 1.75. The number of ether oxygens (including phenoxy) is 2. The lowest BCUT2D eigenvalue weighted by atomic mass is 10.2. The maximum atomic E-state index is 11.5. The van der Waals surface area contributed by atoms with E-state index in [2.05, 4.69) is 5.32 Å². The van der Waals surface area contributed by atoms with E-state index in [1.54, 1.807) is 12.1 Å². The van der Waals surface area contributed by atoms with Crippen LogP contribution >= 0.6 is 0 Å². The minimum Gasteiger partial charge on any atom is -0.444 e. The van der Waals surface area contributed by atoms with Crippen molar-refractivity contribution in [1.29, 1.82) is 0 Å². The van der Waals surface area contributed by atoms with Gasteiger partial charge in [-0.05, 0) is 5.56 Å². The number of carbonyl (C=O) groups is 1. The molecule has 0 spiro atoms. The first-order valence-corrected chi connectivity index (χ1v) is 5.91. The van der Waals surface area contributed by atoms with Gasteiger partial charge in [0, 0.05) is 25.1 Å². The molecule has 0 saturated carbocycles. The van der Waals surface area contributed by atoms with E-state index in [4.69, 9.17) is 9.47 Å². The first-order valence-electron chi connectivity index (χ1n) is 5.91. The van der Waals surface area contributed by atoms with Gasteiger partial charge in [-0.2, -0.15) is 0 Å². The van der Waals surface area contributed by atoms with Crippen molar-refractivity contribution in [1.82, 2.24) is 5.32 Å². The van der Waals surface area contributed by atoms with Crippen molar-refractivity contribution in [3.63, 3.8) is 0 Å². The third-order valence-corrected chi connectivity index (χ3v) is 2.72. The van der Waals surface area contributed by atoms with Crippen molar-refractivity contribution in [3.8, 4) is 0 Å². The van der Waals surface area contributed by atoms with Gasteiger partial charge in [0.2, 0.25) is 0 Å². The third kappa shape index (κ3) is 3.92. The highest BCUT2D eigenvalue weighted by Gasteiger charge is 2.19. The first kappa shape index (κ1) is 13.3. The molecule has 7 nitrogen and oxygen atoms in total. The molecule has 1 amide bonds. The minimum atomic E-state index is -0.540. The van der Waals surface area contributed by atoms with Crippen LogP contribution in [0, 0.1) is 10.1 Å². The maximum Gasteiger partial charge on any atom is 0.407 e. The molecule has 1 aliphatic rings. The first-order chi connectivity index (χ1) is 9.15. The zero-order valence-corrected chi connectivity index (χ0v) is 10.2. The highest BCUT2D eigenvalue weighted by atomic mass is 16.6. The quantitative estimate of drug-likeness (QED) is 0.660. The van der Waals surface area contributed by atoms with Gasteiger partial charge in [0.1, 0.15) is 6.10 Å². The van der Waals surface area contributed by atoms with Crippen molar-refractivity contribution < 1.29 is 19.2 Å². The Hall–Kier alpha value is -2.15. The van der Waals surface area contributed by atoms with Crippen LogP contribution in [0.5, 0.6) is 0 Å². The zero-order chi connectivity index (χ0) is 13.7. The van der Waals surface area contributed by atoms with Gasteiger partial charge in [-0.3, -0.25) is 10.1 Å². The van der Waals surface area contributed by atoms with Crippen molar-refractivity contribution in [2.45, 2.75) is 19.1 Å². The lowest BCUT2D eigenvalue weighted by Crippen LogP contribution is -2.28. The molecule has 0 aliphatic carbocycles. The van der Waals surface area contributed by atoms with E-state index in [9.17, 15) is 14.9 Å². The molecule has 2 rings (SSSR count). The Morgan fingerprint density at radius 3 is 3.11 bits per heavy atom. The summed E-state index contributed by atoms with van der Waals surface area (Å²) in [4.78, 5) is 21.6. The lowest BCUT2D eigenvalue weighted by Gasteiger charge is -2.11. The largest absolute Gasteiger partial charge is 0.444 e. The molecule has 1 atom stereocenters. The summed E-state index contributed by atoms with van der Waals surface area (Å²) in [7, 11) is 0. The number of nitrogens with zero attached hydrogens (tertiary/aromatic N) is 1. The van der Waals surface area contributed by atoms with Crippen LogP contribution < -0.4 is 5.32 Å². The number of hydrogen-bond donors (Lipinski definition) is 1. The van der Waals surface area contributed by atoms with E-state index in [0.29, 0.717) is 25.2 Å². The second-order valence-corrected chi connectivity index (χ2v) is 4.17. The van der Waals surface area contributed by atoms with Crippen LogP contribution in [0.15, 0.2) is 24.3 Å². The molecule has 7 heteroatoms. The monoisotopic (exact) mass is 266 g/mol. The van der Waals surface area contributed by atoms with Gasteiger partial charge in [-0.1, -0.05) is 12.1 Å². The molecule has 0 bridgehead atoms. The van der Waals surface area contributed by atoms with E-state index < -0.39 is 11.0 Å². The molecule has 1 fully saturated rings. The molecule has 102 valence electrons. The molecule has 1 aromatic rings. The number of nitrogens with one attached hydrogen (secondary N) is 1. The summed E-state index contributed by atoms with van der Waals surface area (Å²) in [6.45, 7) is 1.21. The van der Waals surface area contributed by atoms with Gasteiger partial charge >= 0.3 is 6.09 Å². The normalized spacial score (nSPS) is 18.0. The van der Waals surface area contributed by atoms with Crippen molar-refractivity contribution in [2.24, 2.45) is 0 Å². The van der Waals surface area contributed by atoms with Crippen LogP contribution in [-0.2, 0) is 16.0 Å². The molecular weight excluding hydrogens is 252 g/mol. The number of nitro benzene ring substituents is 1. The van der Waals surface area contributed by atoms with E-state index >= 15 is 0 Å². The van der Waals surface area contributed by atoms with Crippen molar-refractivity contribution >= 4 is 11.8 Å². The van der Waals surface area contributed by atoms with Gasteiger partial charge in [0.05, 0.1) is 18.1 Å². The average Bonchev–Trinajstić information content (AvgIpc) is 2.89. The highest BCUT2D eigenvalue weighted by molar-refractivity contribution is 5.67. The number of rotatable bonds is 4. The van der Waals surface area contributed by atoms with Crippen molar-refractivity contribution in [2.75, 3.05) is 13.2 Å². The number of amides is 1. The molecule has 0 aromatic heterocycles. The molecule has 1 aliphatic heterocycles. The molecule has 0 radical (unpaired) electrons. The van der Waals surface area contributed by atoms with Gasteiger partial charge < -0.3 is 14.8 Å². The number of non-ortho nitro benzene ring substituents is 1. The topological polar surface area (TPSA) is 90.7 Å². The Balaban J connectivity index is 1.82. The summed E-state index contributed by atoms with van der Waals surface area (Å²) in [5.74, 6) is 0. The predicted molar refractivity (Wildman–Crippen MR) is 65.6 cm³/mol. The number of hydrogen-bond acceptors (Lipinski definition) is 5. The standard InChI is InChI=1S/C12H14N2O5/c15-12(19-11-4-5-18-8-11)13-7-9-2-1-3-10(6-9)14(16)17/h1-3,6,11H,4-5,7-8H2,(H,13,15)/t11-/m0/s1. The summed E-state index contributed by atoms with van der Waals surface area (Å²) < 4.78 is 10.2. The van der Waals surface area contributed by atoms with Gasteiger partial charge in [0.25, 0.3) is 5.69 Å². The maximum absolute atomic E-state index is 11.5. The summed E-state index contributed by atoms with van der Waals surface area (Å²) in [5, 5.41) is 13.2. The van der Waals surface area contributed by atoms with Crippen LogP contribution in [0.1, 0.15) is 12.0 Å².